The normalized spacial score (nSPS) is 15.0. The Balaban J connectivity index is 1.61. The van der Waals surface area contributed by atoms with Crippen LogP contribution in [0.1, 0.15) is 12.8 Å². The van der Waals surface area contributed by atoms with Crippen molar-refractivity contribution in [2.24, 2.45) is 0 Å². The highest BCUT2D eigenvalue weighted by atomic mass is 16.5. The van der Waals surface area contributed by atoms with E-state index >= 15 is 0 Å². The highest BCUT2D eigenvalue weighted by molar-refractivity contribution is 5.92. The molecule has 3 aromatic rings. The maximum atomic E-state index is 6.15. The third-order valence-electron chi connectivity index (χ3n) is 4.51. The van der Waals surface area contributed by atoms with Gasteiger partial charge in [-0.05, 0) is 12.1 Å². The Hall–Kier alpha value is -2.79. The fourth-order valence-corrected chi connectivity index (χ4v) is 3.18. The molecule has 0 spiro atoms. The molecular formula is C21H22N2O3. The van der Waals surface area contributed by atoms with Crippen LogP contribution in [0.4, 0.5) is 11.4 Å². The lowest BCUT2D eigenvalue weighted by atomic mass is 10.1. The van der Waals surface area contributed by atoms with Crippen molar-refractivity contribution in [3.05, 3.63) is 54.7 Å². The van der Waals surface area contributed by atoms with E-state index in [-0.39, 0.29) is 6.10 Å². The minimum atomic E-state index is 0.186. The number of aromatic nitrogens is 1. The zero-order valence-corrected chi connectivity index (χ0v) is 14.8. The van der Waals surface area contributed by atoms with Crippen molar-refractivity contribution >= 4 is 22.3 Å². The Morgan fingerprint density at radius 3 is 2.69 bits per heavy atom. The van der Waals surface area contributed by atoms with Crippen LogP contribution in [0.2, 0.25) is 0 Å². The van der Waals surface area contributed by atoms with Crippen LogP contribution in [0.15, 0.2) is 54.7 Å². The van der Waals surface area contributed by atoms with Crippen LogP contribution in [0, 0.1) is 0 Å². The summed E-state index contributed by atoms with van der Waals surface area (Å²) in [6.07, 6.45) is 3.82. The fraction of sp³-hybridized carbons (Fsp3) is 0.286. The second kappa shape index (κ2) is 7.62. The van der Waals surface area contributed by atoms with E-state index < -0.39 is 0 Å². The summed E-state index contributed by atoms with van der Waals surface area (Å²) in [5, 5.41) is 4.55. The topological polar surface area (TPSA) is 52.6 Å². The van der Waals surface area contributed by atoms with E-state index in [1.807, 2.05) is 48.7 Å². The van der Waals surface area contributed by atoms with Gasteiger partial charge in [-0.1, -0.05) is 18.2 Å². The molecule has 0 unspecified atom stereocenters. The quantitative estimate of drug-likeness (QED) is 0.732. The Morgan fingerprint density at radius 1 is 1.04 bits per heavy atom. The van der Waals surface area contributed by atoms with Crippen molar-refractivity contribution < 1.29 is 14.2 Å². The first kappa shape index (κ1) is 16.7. The molecule has 0 amide bonds. The van der Waals surface area contributed by atoms with Gasteiger partial charge in [0.15, 0.2) is 0 Å². The predicted molar refractivity (Wildman–Crippen MR) is 102 cm³/mol. The van der Waals surface area contributed by atoms with Crippen LogP contribution in [0.5, 0.6) is 11.5 Å². The molecule has 26 heavy (non-hydrogen) atoms. The summed E-state index contributed by atoms with van der Waals surface area (Å²) in [6.45, 7) is 1.51. The molecule has 2 heterocycles. The molecule has 0 bridgehead atoms. The monoisotopic (exact) mass is 350 g/mol. The van der Waals surface area contributed by atoms with E-state index in [9.17, 15) is 0 Å². The molecule has 1 aliphatic rings. The number of methoxy groups -OCH3 is 1. The summed E-state index contributed by atoms with van der Waals surface area (Å²) < 4.78 is 17.0. The molecule has 5 heteroatoms. The van der Waals surface area contributed by atoms with Crippen molar-refractivity contribution in [3.8, 4) is 11.5 Å². The first-order chi connectivity index (χ1) is 12.8. The highest BCUT2D eigenvalue weighted by Gasteiger charge is 2.16. The fourth-order valence-electron chi connectivity index (χ4n) is 3.18. The number of hydrogen-bond donors (Lipinski definition) is 1. The molecule has 1 fully saturated rings. The van der Waals surface area contributed by atoms with Crippen LogP contribution in [-0.4, -0.2) is 31.4 Å². The summed E-state index contributed by atoms with van der Waals surface area (Å²) in [6, 6.07) is 15.9. The SMILES string of the molecule is COc1cc(Nc2ccnc3ccccc23)cc(OC2CCOCC2)c1. The number of ether oxygens (including phenoxy) is 3. The third-order valence-corrected chi connectivity index (χ3v) is 4.51. The van der Waals surface area contributed by atoms with Gasteiger partial charge in [-0.2, -0.15) is 0 Å². The largest absolute Gasteiger partial charge is 0.497 e. The van der Waals surface area contributed by atoms with Crippen LogP contribution in [0.25, 0.3) is 10.9 Å². The number of rotatable bonds is 5. The Morgan fingerprint density at radius 2 is 1.85 bits per heavy atom. The molecule has 134 valence electrons. The molecular weight excluding hydrogens is 328 g/mol. The number of pyridine rings is 1. The summed E-state index contributed by atoms with van der Waals surface area (Å²) in [5.74, 6) is 1.56. The number of fused-ring (bicyclic) bond motifs is 1. The van der Waals surface area contributed by atoms with E-state index in [4.69, 9.17) is 14.2 Å². The summed E-state index contributed by atoms with van der Waals surface area (Å²) in [5.41, 5.74) is 2.88. The third kappa shape index (κ3) is 3.73. The van der Waals surface area contributed by atoms with Gasteiger partial charge >= 0.3 is 0 Å². The van der Waals surface area contributed by atoms with Gasteiger partial charge in [-0.3, -0.25) is 4.98 Å². The number of nitrogens with one attached hydrogen (secondary N) is 1. The van der Waals surface area contributed by atoms with E-state index in [0.29, 0.717) is 0 Å². The van der Waals surface area contributed by atoms with Gasteiger partial charge in [-0.15, -0.1) is 0 Å². The van der Waals surface area contributed by atoms with Gasteiger partial charge in [0.1, 0.15) is 17.6 Å². The van der Waals surface area contributed by atoms with E-state index in [1.165, 1.54) is 0 Å². The number of nitrogens with zero attached hydrogens (tertiary/aromatic N) is 1. The lowest BCUT2D eigenvalue weighted by Crippen LogP contribution is -2.25. The lowest BCUT2D eigenvalue weighted by molar-refractivity contribution is 0.0255. The zero-order chi connectivity index (χ0) is 17.8. The van der Waals surface area contributed by atoms with Gasteiger partial charge in [0.25, 0.3) is 0 Å². The number of anilines is 2. The minimum Gasteiger partial charge on any atom is -0.497 e. The van der Waals surface area contributed by atoms with Gasteiger partial charge in [0, 0.05) is 54.0 Å². The first-order valence-corrected chi connectivity index (χ1v) is 8.86. The second-order valence-electron chi connectivity index (χ2n) is 6.33. The molecule has 0 atom stereocenters. The average molecular weight is 350 g/mol. The van der Waals surface area contributed by atoms with Crippen molar-refractivity contribution in [3.63, 3.8) is 0 Å². The second-order valence-corrected chi connectivity index (χ2v) is 6.33. The summed E-state index contributed by atoms with van der Waals surface area (Å²) in [7, 11) is 1.67. The van der Waals surface area contributed by atoms with Crippen molar-refractivity contribution in [2.45, 2.75) is 18.9 Å². The van der Waals surface area contributed by atoms with Crippen molar-refractivity contribution in [2.75, 3.05) is 25.6 Å². The Labute approximate surface area is 152 Å². The number of benzene rings is 2. The first-order valence-electron chi connectivity index (χ1n) is 8.86. The van der Waals surface area contributed by atoms with Gasteiger partial charge in [0.05, 0.1) is 25.8 Å². The molecule has 4 rings (SSSR count). The van der Waals surface area contributed by atoms with Crippen molar-refractivity contribution in [1.29, 1.82) is 0 Å². The minimum absolute atomic E-state index is 0.186. The van der Waals surface area contributed by atoms with Crippen LogP contribution >= 0.6 is 0 Å². The van der Waals surface area contributed by atoms with Crippen molar-refractivity contribution in [1.82, 2.24) is 4.98 Å². The molecule has 0 saturated carbocycles. The average Bonchev–Trinajstić information content (AvgIpc) is 2.69. The molecule has 1 saturated heterocycles. The smallest absolute Gasteiger partial charge is 0.125 e. The molecule has 5 nitrogen and oxygen atoms in total. The highest BCUT2D eigenvalue weighted by Crippen LogP contribution is 2.31. The molecule has 0 aliphatic carbocycles. The van der Waals surface area contributed by atoms with E-state index in [1.54, 1.807) is 7.11 Å². The van der Waals surface area contributed by atoms with E-state index in [2.05, 4.69) is 16.4 Å². The molecule has 2 aromatic carbocycles. The molecule has 0 radical (unpaired) electrons. The number of para-hydroxylation sites is 1. The maximum absolute atomic E-state index is 6.15. The predicted octanol–water partition coefficient (Wildman–Crippen LogP) is 4.54. The Kier molecular flexibility index (Phi) is 4.88. The van der Waals surface area contributed by atoms with Gasteiger partial charge < -0.3 is 19.5 Å². The maximum Gasteiger partial charge on any atom is 0.125 e. The summed E-state index contributed by atoms with van der Waals surface area (Å²) in [4.78, 5) is 4.41. The Bertz CT molecular complexity index is 886. The lowest BCUT2D eigenvalue weighted by Gasteiger charge is -2.24. The van der Waals surface area contributed by atoms with Crippen LogP contribution in [0.3, 0.4) is 0 Å². The molecule has 1 aromatic heterocycles. The van der Waals surface area contributed by atoms with Crippen LogP contribution < -0.4 is 14.8 Å². The molecule has 1 N–H and O–H groups in total. The number of hydrogen-bond acceptors (Lipinski definition) is 5. The summed E-state index contributed by atoms with van der Waals surface area (Å²) >= 11 is 0. The van der Waals surface area contributed by atoms with Crippen LogP contribution in [-0.2, 0) is 4.74 Å². The van der Waals surface area contributed by atoms with E-state index in [0.717, 1.165) is 59.8 Å². The van der Waals surface area contributed by atoms with Gasteiger partial charge in [0.2, 0.25) is 0 Å². The standard InChI is InChI=1S/C21H22N2O3/c1-24-17-12-15(13-18(14-17)26-16-7-10-25-11-8-16)23-21-6-9-22-20-5-3-2-4-19(20)21/h2-6,9,12-14,16H,7-8,10-11H2,1H3,(H,22,23). The van der Waals surface area contributed by atoms with Gasteiger partial charge in [-0.25, -0.2) is 0 Å². The molecule has 1 aliphatic heterocycles. The zero-order valence-electron chi connectivity index (χ0n) is 14.8.